The Hall–Kier alpha value is -0.780. The molecule has 0 atom stereocenters. The molecule has 0 unspecified atom stereocenters. The van der Waals surface area contributed by atoms with Gasteiger partial charge in [0.2, 0.25) is 0 Å². The second-order valence-corrected chi connectivity index (χ2v) is 5.12. The first-order valence-electron chi connectivity index (χ1n) is 6.50. The molecule has 0 bridgehead atoms. The van der Waals surface area contributed by atoms with Gasteiger partial charge in [-0.1, -0.05) is 56.2 Å². The molecule has 0 nitrogen and oxygen atoms in total. The first kappa shape index (κ1) is 15.2. The Morgan fingerprint density at radius 1 is 1.12 bits per heavy atom. The van der Waals surface area contributed by atoms with E-state index in [2.05, 4.69) is 46.4 Å². The van der Waals surface area contributed by atoms with Gasteiger partial charge in [-0.3, -0.25) is 0 Å². The highest BCUT2D eigenvalue weighted by molar-refractivity contribution is 5.09. The van der Waals surface area contributed by atoms with Crippen LogP contribution in [0.5, 0.6) is 0 Å². The quantitative estimate of drug-likeness (QED) is 0.365. The van der Waals surface area contributed by atoms with Crippen molar-refractivity contribution in [3.8, 4) is 0 Å². The topological polar surface area (TPSA) is 0 Å². The van der Waals surface area contributed by atoms with Gasteiger partial charge in [-0.2, -0.15) is 0 Å². The third-order valence-electron chi connectivity index (χ3n) is 2.79. The fourth-order valence-corrected chi connectivity index (χ4v) is 1.72. The van der Waals surface area contributed by atoms with E-state index in [1.807, 2.05) is 6.08 Å². The van der Waals surface area contributed by atoms with Gasteiger partial charge in [-0.25, -0.2) is 0 Å². The van der Waals surface area contributed by atoms with E-state index in [-0.39, 0.29) is 0 Å². The lowest BCUT2D eigenvalue weighted by Crippen LogP contribution is -1.87. The molecular weight excluding hydrogens is 192 g/mol. The molecule has 0 aliphatic rings. The third kappa shape index (κ3) is 9.76. The summed E-state index contributed by atoms with van der Waals surface area (Å²) in [5.41, 5.74) is 2.97. The first-order valence-corrected chi connectivity index (χ1v) is 6.50. The Morgan fingerprint density at radius 3 is 2.38 bits per heavy atom. The Bertz CT molecular complexity index is 241. The summed E-state index contributed by atoms with van der Waals surface area (Å²) in [6.07, 6.45) is 12.6. The van der Waals surface area contributed by atoms with Crippen LogP contribution in [-0.2, 0) is 0 Å². The summed E-state index contributed by atoms with van der Waals surface area (Å²) in [5.74, 6) is 0.838. The summed E-state index contributed by atoms with van der Waals surface area (Å²) in [6, 6.07) is 0. The fraction of sp³-hybridized carbons (Fsp3) is 0.625. The maximum absolute atomic E-state index is 3.71. The second-order valence-electron chi connectivity index (χ2n) is 5.12. The Kier molecular flexibility index (Phi) is 8.99. The van der Waals surface area contributed by atoms with Crippen molar-refractivity contribution in [1.29, 1.82) is 0 Å². The minimum atomic E-state index is 0.838. The normalized spacial score (nSPS) is 13.3. The van der Waals surface area contributed by atoms with Crippen molar-refractivity contribution in [2.75, 3.05) is 0 Å². The summed E-state index contributed by atoms with van der Waals surface area (Å²) in [7, 11) is 0. The van der Waals surface area contributed by atoms with Crippen LogP contribution in [0.15, 0.2) is 36.0 Å². The van der Waals surface area contributed by atoms with Crippen molar-refractivity contribution in [3.63, 3.8) is 0 Å². The monoisotopic (exact) mass is 220 g/mol. The summed E-state index contributed by atoms with van der Waals surface area (Å²) < 4.78 is 0. The second kappa shape index (κ2) is 9.45. The summed E-state index contributed by atoms with van der Waals surface area (Å²) in [6.45, 7) is 12.7. The van der Waals surface area contributed by atoms with Crippen LogP contribution < -0.4 is 0 Å². The predicted molar refractivity (Wildman–Crippen MR) is 75.6 cm³/mol. The molecule has 0 spiro atoms. The van der Waals surface area contributed by atoms with Crippen LogP contribution in [0.25, 0.3) is 0 Å². The minimum Gasteiger partial charge on any atom is -0.0991 e. The number of rotatable bonds is 8. The molecule has 16 heavy (non-hydrogen) atoms. The minimum absolute atomic E-state index is 0.838. The van der Waals surface area contributed by atoms with Gasteiger partial charge in [0.25, 0.3) is 0 Å². The van der Waals surface area contributed by atoms with E-state index in [1.54, 1.807) is 5.57 Å². The van der Waals surface area contributed by atoms with Crippen LogP contribution in [-0.4, -0.2) is 0 Å². The average molecular weight is 220 g/mol. The molecule has 0 saturated carbocycles. The number of allylic oxidation sites excluding steroid dienone is 5. The number of hydrogen-bond donors (Lipinski definition) is 0. The van der Waals surface area contributed by atoms with Gasteiger partial charge < -0.3 is 0 Å². The lowest BCUT2D eigenvalue weighted by Gasteiger charge is -2.05. The molecule has 0 aliphatic carbocycles. The maximum Gasteiger partial charge on any atom is -0.0285 e. The zero-order valence-electron chi connectivity index (χ0n) is 11.6. The molecule has 0 aliphatic heterocycles. The first-order chi connectivity index (χ1) is 7.56. The van der Waals surface area contributed by atoms with Crippen LogP contribution in [0.4, 0.5) is 0 Å². The van der Waals surface area contributed by atoms with Gasteiger partial charge in [0, 0.05) is 0 Å². The van der Waals surface area contributed by atoms with Crippen LogP contribution in [0.1, 0.15) is 59.8 Å². The van der Waals surface area contributed by atoms with Crippen molar-refractivity contribution < 1.29 is 0 Å². The Balaban J connectivity index is 3.70. The molecule has 0 rings (SSSR count). The van der Waals surface area contributed by atoms with Crippen LogP contribution >= 0.6 is 0 Å². The smallest absolute Gasteiger partial charge is 0.0285 e. The maximum atomic E-state index is 3.71. The van der Waals surface area contributed by atoms with Gasteiger partial charge >= 0.3 is 0 Å². The Labute approximate surface area is 102 Å². The van der Waals surface area contributed by atoms with E-state index in [0.29, 0.717) is 0 Å². The van der Waals surface area contributed by atoms with E-state index >= 15 is 0 Å². The summed E-state index contributed by atoms with van der Waals surface area (Å²) >= 11 is 0. The SMILES string of the molecule is C=C/C=C(\C)CC/C=C(\C)CCCC(C)C. The predicted octanol–water partition coefficient (Wildman–Crippen LogP) is 5.67. The average Bonchev–Trinajstić information content (AvgIpc) is 2.17. The zero-order chi connectivity index (χ0) is 12.4. The van der Waals surface area contributed by atoms with Crippen molar-refractivity contribution in [3.05, 3.63) is 36.0 Å². The van der Waals surface area contributed by atoms with E-state index in [4.69, 9.17) is 0 Å². The highest BCUT2D eigenvalue weighted by Crippen LogP contribution is 2.13. The molecule has 0 aromatic rings. The highest BCUT2D eigenvalue weighted by Gasteiger charge is 1.95. The summed E-state index contributed by atoms with van der Waals surface area (Å²) in [4.78, 5) is 0. The van der Waals surface area contributed by atoms with E-state index in [9.17, 15) is 0 Å². The standard InChI is InChI=1S/C16H28/c1-6-9-15(4)12-8-13-16(5)11-7-10-14(2)3/h6,9,13-14H,1,7-8,10-12H2,2-5H3/b15-9+,16-13+. The molecule has 0 radical (unpaired) electrons. The van der Waals surface area contributed by atoms with Gasteiger partial charge in [-0.05, 0) is 45.4 Å². The van der Waals surface area contributed by atoms with Crippen LogP contribution in [0.3, 0.4) is 0 Å². The molecular formula is C16H28. The molecule has 0 N–H and O–H groups in total. The van der Waals surface area contributed by atoms with E-state index < -0.39 is 0 Å². The van der Waals surface area contributed by atoms with Crippen molar-refractivity contribution in [1.82, 2.24) is 0 Å². The van der Waals surface area contributed by atoms with Crippen LogP contribution in [0, 0.1) is 5.92 Å². The van der Waals surface area contributed by atoms with Crippen LogP contribution in [0.2, 0.25) is 0 Å². The van der Waals surface area contributed by atoms with Crippen molar-refractivity contribution in [2.24, 2.45) is 5.92 Å². The lowest BCUT2D eigenvalue weighted by atomic mass is 10.0. The molecule has 92 valence electrons. The number of hydrogen-bond acceptors (Lipinski definition) is 0. The highest BCUT2D eigenvalue weighted by atomic mass is 14.0. The largest absolute Gasteiger partial charge is 0.0991 e. The van der Waals surface area contributed by atoms with Gasteiger partial charge in [-0.15, -0.1) is 0 Å². The van der Waals surface area contributed by atoms with E-state index in [1.165, 1.54) is 31.3 Å². The van der Waals surface area contributed by atoms with Crippen molar-refractivity contribution >= 4 is 0 Å². The van der Waals surface area contributed by atoms with Gasteiger partial charge in [0.05, 0.1) is 0 Å². The summed E-state index contributed by atoms with van der Waals surface area (Å²) in [5, 5.41) is 0. The Morgan fingerprint density at radius 2 is 1.81 bits per heavy atom. The molecule has 0 heterocycles. The zero-order valence-corrected chi connectivity index (χ0v) is 11.6. The van der Waals surface area contributed by atoms with Crippen molar-refractivity contribution in [2.45, 2.75) is 59.8 Å². The molecule has 0 saturated heterocycles. The molecule has 0 fully saturated rings. The van der Waals surface area contributed by atoms with Gasteiger partial charge in [0.1, 0.15) is 0 Å². The third-order valence-corrected chi connectivity index (χ3v) is 2.79. The molecule has 0 heteroatoms. The molecule has 0 aromatic carbocycles. The lowest BCUT2D eigenvalue weighted by molar-refractivity contribution is 0.554. The van der Waals surface area contributed by atoms with Gasteiger partial charge in [0.15, 0.2) is 0 Å². The van der Waals surface area contributed by atoms with E-state index in [0.717, 1.165) is 12.3 Å². The molecule has 0 aromatic heterocycles. The molecule has 0 amide bonds. The fourth-order valence-electron chi connectivity index (χ4n) is 1.72.